The first kappa shape index (κ1) is 16.8. The van der Waals surface area contributed by atoms with E-state index < -0.39 is 23.6 Å². The number of carboxylic acids is 1. The average Bonchev–Trinajstić information content (AvgIpc) is 2.24. The molecule has 0 aliphatic heterocycles. The van der Waals surface area contributed by atoms with Crippen molar-refractivity contribution >= 4 is 5.97 Å². The van der Waals surface area contributed by atoms with Crippen molar-refractivity contribution in [2.75, 3.05) is 0 Å². The fraction of sp³-hybridized carbons (Fsp3) is 0.417. The van der Waals surface area contributed by atoms with Gasteiger partial charge in [0.05, 0.1) is 11.5 Å². The second-order valence-electron chi connectivity index (χ2n) is 3.85. The van der Waals surface area contributed by atoms with Crippen molar-refractivity contribution in [2.24, 2.45) is 5.92 Å². The summed E-state index contributed by atoms with van der Waals surface area (Å²) in [6.07, 6.45) is -3.87. The minimum absolute atomic E-state index is 0. The van der Waals surface area contributed by atoms with Crippen molar-refractivity contribution in [3.05, 3.63) is 35.4 Å². The lowest BCUT2D eigenvalue weighted by atomic mass is 9.96. The summed E-state index contributed by atoms with van der Waals surface area (Å²) in [4.78, 5) is 10.8. The number of aliphatic carboxylic acids is 1. The fourth-order valence-electron chi connectivity index (χ4n) is 1.57. The summed E-state index contributed by atoms with van der Waals surface area (Å²) in [5.41, 5.74) is -0.343. The van der Waals surface area contributed by atoms with Crippen LogP contribution in [-0.4, -0.2) is 11.1 Å². The minimum Gasteiger partial charge on any atom is -1.00 e. The van der Waals surface area contributed by atoms with Crippen LogP contribution in [0.3, 0.4) is 0 Å². The van der Waals surface area contributed by atoms with Crippen molar-refractivity contribution in [3.63, 3.8) is 0 Å². The standard InChI is InChI=1S/C12H13F3O2.ClH/c1-2-9(11(16)17)6-8-4-3-5-10(7-8)12(13,14)15;/h3-5,7,9H,2,6H2,1H3,(H,16,17);1H/p-1. The molecule has 0 aliphatic rings. The van der Waals surface area contributed by atoms with Crippen LogP contribution in [-0.2, 0) is 17.4 Å². The molecule has 18 heavy (non-hydrogen) atoms. The summed E-state index contributed by atoms with van der Waals surface area (Å²) in [6, 6.07) is 4.80. The molecule has 0 fully saturated rings. The van der Waals surface area contributed by atoms with E-state index in [1.54, 1.807) is 6.92 Å². The third-order valence-electron chi connectivity index (χ3n) is 2.58. The molecule has 0 radical (unpaired) electrons. The second kappa shape index (κ2) is 6.64. The fourth-order valence-corrected chi connectivity index (χ4v) is 1.57. The van der Waals surface area contributed by atoms with Gasteiger partial charge in [0.2, 0.25) is 0 Å². The molecule has 0 aliphatic carbocycles. The van der Waals surface area contributed by atoms with Crippen LogP contribution in [0.2, 0.25) is 0 Å². The molecule has 6 heteroatoms. The van der Waals surface area contributed by atoms with E-state index in [0.29, 0.717) is 12.0 Å². The molecule has 1 rings (SSSR count). The SMILES string of the molecule is CCC(Cc1cccc(C(F)(F)F)c1)C(=O)O.[Cl-]. The van der Waals surface area contributed by atoms with Gasteiger partial charge in [0.25, 0.3) is 0 Å². The van der Waals surface area contributed by atoms with Crippen molar-refractivity contribution in [1.82, 2.24) is 0 Å². The van der Waals surface area contributed by atoms with E-state index in [1.807, 2.05) is 0 Å². The zero-order valence-corrected chi connectivity index (χ0v) is 10.4. The van der Waals surface area contributed by atoms with Crippen LogP contribution in [0.25, 0.3) is 0 Å². The van der Waals surface area contributed by atoms with Crippen molar-refractivity contribution in [2.45, 2.75) is 25.9 Å². The molecule has 0 aromatic heterocycles. The van der Waals surface area contributed by atoms with Gasteiger partial charge in [-0.1, -0.05) is 25.1 Å². The van der Waals surface area contributed by atoms with Crippen LogP contribution in [0.4, 0.5) is 13.2 Å². The molecule has 0 bridgehead atoms. The van der Waals surface area contributed by atoms with Crippen LogP contribution in [0.15, 0.2) is 24.3 Å². The lowest BCUT2D eigenvalue weighted by molar-refractivity contribution is -0.141. The van der Waals surface area contributed by atoms with Gasteiger partial charge in [0, 0.05) is 0 Å². The Balaban J connectivity index is 0.00000289. The maximum absolute atomic E-state index is 12.4. The van der Waals surface area contributed by atoms with Gasteiger partial charge in [-0.2, -0.15) is 13.2 Å². The van der Waals surface area contributed by atoms with Gasteiger partial charge < -0.3 is 17.5 Å². The molecule has 0 amide bonds. The Labute approximate surface area is 109 Å². The number of hydrogen-bond donors (Lipinski definition) is 1. The first-order valence-corrected chi connectivity index (χ1v) is 5.23. The summed E-state index contributed by atoms with van der Waals surface area (Å²) in [6.45, 7) is 1.70. The number of hydrogen-bond acceptors (Lipinski definition) is 1. The highest BCUT2D eigenvalue weighted by atomic mass is 35.5. The Kier molecular flexibility index (Phi) is 6.18. The topological polar surface area (TPSA) is 37.3 Å². The smallest absolute Gasteiger partial charge is 0.416 e. The zero-order valence-electron chi connectivity index (χ0n) is 9.67. The average molecular weight is 282 g/mol. The molecular weight excluding hydrogens is 269 g/mol. The summed E-state index contributed by atoms with van der Waals surface area (Å²) in [5, 5.41) is 8.84. The highest BCUT2D eigenvalue weighted by Crippen LogP contribution is 2.30. The molecule has 1 aromatic rings. The number of rotatable bonds is 4. The summed E-state index contributed by atoms with van der Waals surface area (Å²) in [7, 11) is 0. The predicted octanol–water partition coefficient (Wildman–Crippen LogP) is 0.363. The zero-order chi connectivity index (χ0) is 13.1. The van der Waals surface area contributed by atoms with E-state index in [4.69, 9.17) is 5.11 Å². The molecular formula is C12H13ClF3O2-. The maximum Gasteiger partial charge on any atom is 0.416 e. The number of benzene rings is 1. The van der Waals surface area contributed by atoms with Gasteiger partial charge in [-0.05, 0) is 24.5 Å². The van der Waals surface area contributed by atoms with Crippen LogP contribution >= 0.6 is 0 Å². The Morgan fingerprint density at radius 3 is 2.44 bits per heavy atom. The van der Waals surface area contributed by atoms with Crippen LogP contribution in [0.1, 0.15) is 24.5 Å². The van der Waals surface area contributed by atoms with Gasteiger partial charge in [-0.25, -0.2) is 0 Å². The Hall–Kier alpha value is -1.23. The quantitative estimate of drug-likeness (QED) is 0.865. The Bertz CT molecular complexity index is 405. The minimum atomic E-state index is -4.39. The van der Waals surface area contributed by atoms with Gasteiger partial charge in [-0.3, -0.25) is 4.79 Å². The van der Waals surface area contributed by atoms with E-state index >= 15 is 0 Å². The van der Waals surface area contributed by atoms with Gasteiger partial charge in [0.15, 0.2) is 0 Å². The van der Waals surface area contributed by atoms with Crippen LogP contribution < -0.4 is 12.4 Å². The van der Waals surface area contributed by atoms with E-state index in [0.717, 1.165) is 12.1 Å². The summed E-state index contributed by atoms with van der Waals surface area (Å²) in [5.74, 6) is -1.62. The maximum atomic E-state index is 12.4. The Morgan fingerprint density at radius 2 is 2.00 bits per heavy atom. The lowest BCUT2D eigenvalue weighted by Crippen LogP contribution is -3.00. The van der Waals surface area contributed by atoms with Crippen LogP contribution in [0, 0.1) is 5.92 Å². The molecule has 0 heterocycles. The molecule has 1 aromatic carbocycles. The Morgan fingerprint density at radius 1 is 1.39 bits per heavy atom. The summed E-state index contributed by atoms with van der Waals surface area (Å²) >= 11 is 0. The molecule has 0 saturated carbocycles. The first-order valence-electron chi connectivity index (χ1n) is 5.23. The normalized spacial score (nSPS) is 12.7. The monoisotopic (exact) mass is 281 g/mol. The van der Waals surface area contributed by atoms with E-state index in [9.17, 15) is 18.0 Å². The van der Waals surface area contributed by atoms with Crippen molar-refractivity contribution in [3.8, 4) is 0 Å². The third kappa shape index (κ3) is 4.56. The number of carboxylic acid groups (broad SMARTS) is 1. The predicted molar refractivity (Wildman–Crippen MR) is 56.6 cm³/mol. The molecule has 0 saturated heterocycles. The van der Waals surface area contributed by atoms with E-state index in [-0.39, 0.29) is 18.8 Å². The number of alkyl halides is 3. The first-order chi connectivity index (χ1) is 7.84. The van der Waals surface area contributed by atoms with Gasteiger partial charge in [0.1, 0.15) is 0 Å². The number of halogens is 4. The largest absolute Gasteiger partial charge is 1.00 e. The van der Waals surface area contributed by atoms with E-state index in [1.165, 1.54) is 12.1 Å². The van der Waals surface area contributed by atoms with Crippen molar-refractivity contribution < 1.29 is 35.5 Å². The highest BCUT2D eigenvalue weighted by Gasteiger charge is 2.30. The number of carbonyl (C=O) groups is 1. The molecule has 1 atom stereocenters. The van der Waals surface area contributed by atoms with Crippen molar-refractivity contribution in [1.29, 1.82) is 0 Å². The molecule has 2 nitrogen and oxygen atoms in total. The van der Waals surface area contributed by atoms with Gasteiger partial charge in [-0.15, -0.1) is 0 Å². The van der Waals surface area contributed by atoms with Gasteiger partial charge >= 0.3 is 12.1 Å². The molecule has 102 valence electrons. The highest BCUT2D eigenvalue weighted by molar-refractivity contribution is 5.70. The third-order valence-corrected chi connectivity index (χ3v) is 2.58. The summed E-state index contributed by atoms with van der Waals surface area (Å²) < 4.78 is 37.3. The van der Waals surface area contributed by atoms with Crippen LogP contribution in [0.5, 0.6) is 0 Å². The molecule has 1 unspecified atom stereocenters. The molecule has 1 N–H and O–H groups in total. The molecule has 0 spiro atoms. The lowest BCUT2D eigenvalue weighted by Gasteiger charge is -2.12. The van der Waals surface area contributed by atoms with E-state index in [2.05, 4.69) is 0 Å². The second-order valence-corrected chi connectivity index (χ2v) is 3.85.